The van der Waals surface area contributed by atoms with Crippen molar-refractivity contribution in [1.82, 2.24) is 0 Å². The van der Waals surface area contributed by atoms with Gasteiger partial charge in [0.2, 0.25) is 5.91 Å². The normalized spacial score (nSPS) is 10.4. The average molecular weight is 451 g/mol. The predicted molar refractivity (Wildman–Crippen MR) is 140 cm³/mol. The fraction of sp³-hybridized carbons (Fsp3) is 0.0690. The summed E-state index contributed by atoms with van der Waals surface area (Å²) in [7, 11) is 0. The van der Waals surface area contributed by atoms with Gasteiger partial charge >= 0.3 is 0 Å². The molecule has 4 aromatic rings. The minimum absolute atomic E-state index is 0.0101. The summed E-state index contributed by atoms with van der Waals surface area (Å²) in [6.45, 7) is 4.11. The molecule has 0 aliphatic heterocycles. The van der Waals surface area contributed by atoms with E-state index in [1.165, 1.54) is 11.1 Å². The molecule has 4 rings (SSSR count). The number of hydrogen-bond acceptors (Lipinski definition) is 3. The molecule has 0 spiro atoms. The fourth-order valence-electron chi connectivity index (χ4n) is 3.45. The van der Waals surface area contributed by atoms with Crippen molar-refractivity contribution in [2.75, 3.05) is 10.6 Å². The van der Waals surface area contributed by atoms with E-state index in [1.807, 2.05) is 60.7 Å². The van der Waals surface area contributed by atoms with Gasteiger partial charge in [-0.1, -0.05) is 91.1 Å². The molecule has 0 aliphatic carbocycles. The summed E-state index contributed by atoms with van der Waals surface area (Å²) in [6.07, 6.45) is 1.21. The maximum absolute atomic E-state index is 12.2. The Balaban J connectivity index is 1.27. The van der Waals surface area contributed by atoms with Crippen molar-refractivity contribution >= 4 is 29.0 Å². The molecule has 3 nitrogen and oxygen atoms in total. The molecule has 0 saturated heterocycles. The molecule has 0 heterocycles. The Morgan fingerprint density at radius 1 is 0.636 bits per heavy atom. The van der Waals surface area contributed by atoms with E-state index < -0.39 is 0 Å². The topological polar surface area (TPSA) is 41.1 Å². The second-order valence-corrected chi connectivity index (χ2v) is 8.91. The van der Waals surface area contributed by atoms with Gasteiger partial charge in [-0.2, -0.15) is 0 Å². The molecule has 0 aromatic heterocycles. The van der Waals surface area contributed by atoms with Crippen LogP contribution in [-0.2, 0) is 17.6 Å². The summed E-state index contributed by atoms with van der Waals surface area (Å²) in [5, 5.41) is 7.21. The predicted octanol–water partition coefficient (Wildman–Crippen LogP) is 7.13. The summed E-state index contributed by atoms with van der Waals surface area (Å²) in [6, 6.07) is 36.4. The van der Waals surface area contributed by atoms with E-state index in [4.69, 9.17) is 0 Å². The van der Waals surface area contributed by atoms with Crippen LogP contribution >= 0.6 is 11.8 Å². The third kappa shape index (κ3) is 7.13. The van der Waals surface area contributed by atoms with Crippen LogP contribution < -0.4 is 10.6 Å². The Bertz CT molecular complexity index is 1090. The first-order chi connectivity index (χ1) is 16.1. The zero-order valence-corrected chi connectivity index (χ0v) is 19.1. The number of nitrogens with one attached hydrogen (secondary N) is 2. The molecular weight excluding hydrogens is 424 g/mol. The number of rotatable bonds is 9. The van der Waals surface area contributed by atoms with Crippen molar-refractivity contribution in [3.8, 4) is 0 Å². The van der Waals surface area contributed by atoms with Gasteiger partial charge in [0.15, 0.2) is 0 Å². The first-order valence-corrected chi connectivity index (χ1v) is 11.7. The molecule has 0 aliphatic rings. The van der Waals surface area contributed by atoms with Crippen LogP contribution in [0.3, 0.4) is 0 Å². The Morgan fingerprint density at radius 2 is 1.15 bits per heavy atom. The van der Waals surface area contributed by atoms with Gasteiger partial charge in [0.25, 0.3) is 0 Å². The number of anilines is 2. The first-order valence-electron chi connectivity index (χ1n) is 10.8. The average Bonchev–Trinajstić information content (AvgIpc) is 2.83. The zero-order chi connectivity index (χ0) is 22.9. The smallest absolute Gasteiger partial charge is 0.228 e. The summed E-state index contributed by atoms with van der Waals surface area (Å²) >= 11 is 1.62. The number of hydrogen-bond donors (Lipinski definition) is 2. The summed E-state index contributed by atoms with van der Waals surface area (Å²) in [5.41, 5.74) is 5.26. The molecule has 0 bridgehead atoms. The van der Waals surface area contributed by atoms with Crippen molar-refractivity contribution in [2.45, 2.75) is 17.7 Å². The van der Waals surface area contributed by atoms with Gasteiger partial charge in [0.1, 0.15) is 0 Å². The zero-order valence-electron chi connectivity index (χ0n) is 18.3. The van der Waals surface area contributed by atoms with Gasteiger partial charge in [-0.15, -0.1) is 0 Å². The first kappa shape index (κ1) is 22.4. The Labute approximate surface area is 199 Å². The van der Waals surface area contributed by atoms with E-state index in [0.29, 0.717) is 6.42 Å². The van der Waals surface area contributed by atoms with E-state index >= 15 is 0 Å². The summed E-state index contributed by atoms with van der Waals surface area (Å²) in [4.78, 5) is 13.4. The third-order valence-electron chi connectivity index (χ3n) is 5.08. The summed E-state index contributed by atoms with van der Waals surface area (Å²) in [5.74, 6) is -0.0101. The third-order valence-corrected chi connectivity index (χ3v) is 5.93. The van der Waals surface area contributed by atoms with E-state index in [1.54, 1.807) is 11.8 Å². The van der Waals surface area contributed by atoms with E-state index in [9.17, 15) is 4.79 Å². The molecule has 164 valence electrons. The van der Waals surface area contributed by atoms with Crippen LogP contribution in [0.5, 0.6) is 0 Å². The Hall–Kier alpha value is -3.76. The molecule has 0 radical (unpaired) electrons. The van der Waals surface area contributed by atoms with Crippen LogP contribution in [0.4, 0.5) is 11.4 Å². The SMILES string of the molecule is C=C(Nc1ccc(Cc2ccc(NC(=O)Cc3ccccc3)cc2)cc1)Sc1ccccc1. The highest BCUT2D eigenvalue weighted by Crippen LogP contribution is 2.26. The highest BCUT2D eigenvalue weighted by Gasteiger charge is 2.05. The highest BCUT2D eigenvalue weighted by atomic mass is 32.2. The van der Waals surface area contributed by atoms with Gasteiger partial charge < -0.3 is 10.6 Å². The molecule has 0 unspecified atom stereocenters. The molecule has 4 aromatic carbocycles. The van der Waals surface area contributed by atoms with Crippen LogP contribution in [0.15, 0.2) is 126 Å². The lowest BCUT2D eigenvalue weighted by atomic mass is 10.0. The maximum Gasteiger partial charge on any atom is 0.228 e. The lowest BCUT2D eigenvalue weighted by Gasteiger charge is -2.10. The van der Waals surface area contributed by atoms with Crippen LogP contribution in [0.1, 0.15) is 16.7 Å². The molecule has 4 heteroatoms. The van der Waals surface area contributed by atoms with Gasteiger partial charge in [-0.25, -0.2) is 0 Å². The van der Waals surface area contributed by atoms with Crippen molar-refractivity contribution in [2.24, 2.45) is 0 Å². The van der Waals surface area contributed by atoms with E-state index in [-0.39, 0.29) is 5.91 Å². The number of amides is 1. The second kappa shape index (κ2) is 11.2. The maximum atomic E-state index is 12.2. The minimum atomic E-state index is -0.0101. The van der Waals surface area contributed by atoms with Crippen molar-refractivity contribution < 1.29 is 4.79 Å². The standard InChI is InChI=1S/C29H26N2OS/c1-22(33-28-10-6-3-7-11-28)30-26-16-12-24(13-17-26)20-25-14-18-27(19-15-25)31-29(32)21-23-8-4-2-5-9-23/h2-19,30H,1,20-21H2,(H,31,32). The van der Waals surface area contributed by atoms with Crippen molar-refractivity contribution in [3.63, 3.8) is 0 Å². The van der Waals surface area contributed by atoms with Gasteiger partial charge in [0.05, 0.1) is 11.4 Å². The van der Waals surface area contributed by atoms with E-state index in [2.05, 4.69) is 65.7 Å². The number of benzene rings is 4. The fourth-order valence-corrected chi connectivity index (χ4v) is 4.20. The van der Waals surface area contributed by atoms with Crippen LogP contribution in [0, 0.1) is 0 Å². The molecule has 0 atom stereocenters. The lowest BCUT2D eigenvalue weighted by molar-refractivity contribution is -0.115. The van der Waals surface area contributed by atoms with Gasteiger partial charge in [0, 0.05) is 16.3 Å². The monoisotopic (exact) mass is 450 g/mol. The molecule has 2 N–H and O–H groups in total. The largest absolute Gasteiger partial charge is 0.350 e. The quantitative estimate of drug-likeness (QED) is 0.266. The number of thioether (sulfide) groups is 1. The van der Waals surface area contributed by atoms with Crippen LogP contribution in [0.25, 0.3) is 0 Å². The second-order valence-electron chi connectivity index (χ2n) is 7.74. The van der Waals surface area contributed by atoms with Crippen LogP contribution in [-0.4, -0.2) is 5.91 Å². The molecule has 0 fully saturated rings. The van der Waals surface area contributed by atoms with Gasteiger partial charge in [-0.05, 0) is 59.5 Å². The molecule has 0 saturated carbocycles. The molecule has 33 heavy (non-hydrogen) atoms. The van der Waals surface area contributed by atoms with E-state index in [0.717, 1.165) is 33.3 Å². The molecular formula is C29H26N2OS. The molecule has 1 amide bonds. The Kier molecular flexibility index (Phi) is 7.62. The van der Waals surface area contributed by atoms with Crippen molar-refractivity contribution in [3.05, 3.63) is 137 Å². The lowest BCUT2D eigenvalue weighted by Crippen LogP contribution is -2.14. The Morgan fingerprint density at radius 3 is 1.73 bits per heavy atom. The number of carbonyl (C=O) groups is 1. The van der Waals surface area contributed by atoms with Gasteiger partial charge in [-0.3, -0.25) is 4.79 Å². The van der Waals surface area contributed by atoms with Crippen molar-refractivity contribution in [1.29, 1.82) is 0 Å². The summed E-state index contributed by atoms with van der Waals surface area (Å²) < 4.78 is 0. The number of carbonyl (C=O) groups excluding carboxylic acids is 1. The van der Waals surface area contributed by atoms with Crippen LogP contribution in [0.2, 0.25) is 0 Å². The minimum Gasteiger partial charge on any atom is -0.350 e. The highest BCUT2D eigenvalue weighted by molar-refractivity contribution is 8.03.